The van der Waals surface area contributed by atoms with Gasteiger partial charge in [0.15, 0.2) is 0 Å². The molecule has 11 heavy (non-hydrogen) atoms. The molecule has 0 unspecified atom stereocenters. The minimum atomic E-state index is 0.752. The summed E-state index contributed by atoms with van der Waals surface area (Å²) in [4.78, 5) is 0. The topological polar surface area (TPSA) is 21.3 Å². The van der Waals surface area contributed by atoms with Crippen molar-refractivity contribution in [2.24, 2.45) is 0 Å². The summed E-state index contributed by atoms with van der Waals surface area (Å²) in [6.45, 7) is 9.34. The van der Waals surface area contributed by atoms with Crippen LogP contribution in [0.1, 0.15) is 6.92 Å². The fourth-order valence-corrected chi connectivity index (χ4v) is 0.728. The molecule has 0 aromatic heterocycles. The lowest BCUT2D eigenvalue weighted by atomic mass is 10.2. The van der Waals surface area contributed by atoms with Crippen molar-refractivity contribution in [3.8, 4) is 0 Å². The fraction of sp³-hybridized carbons (Fsp3) is 0.333. The smallest absolute Gasteiger partial charge is 0.144 e. The van der Waals surface area contributed by atoms with Gasteiger partial charge in [-0.1, -0.05) is 19.2 Å². The maximum atomic E-state index is 5.10. The highest BCUT2D eigenvalue weighted by Crippen LogP contribution is 2.11. The molecule has 0 aliphatic carbocycles. The second-order valence-electron chi connectivity index (χ2n) is 2.15. The van der Waals surface area contributed by atoms with Crippen molar-refractivity contribution >= 4 is 0 Å². The molecule has 0 aromatic rings. The fourth-order valence-electron chi connectivity index (χ4n) is 0.728. The molecule has 0 heterocycles. The summed E-state index contributed by atoms with van der Waals surface area (Å²) in [6, 6.07) is 0. The summed E-state index contributed by atoms with van der Waals surface area (Å²) in [5.74, 6) is 0.752. The van der Waals surface area contributed by atoms with Crippen LogP contribution < -0.4 is 5.32 Å². The Labute approximate surface area is 68.3 Å². The molecule has 2 nitrogen and oxygen atoms in total. The van der Waals surface area contributed by atoms with Crippen LogP contribution in [-0.2, 0) is 4.74 Å². The lowest BCUT2D eigenvalue weighted by Crippen LogP contribution is -2.09. The van der Waals surface area contributed by atoms with E-state index in [1.54, 1.807) is 20.2 Å². The molecule has 0 bridgehead atoms. The first-order chi connectivity index (χ1) is 5.17. The number of hydrogen-bond acceptors (Lipinski definition) is 2. The van der Waals surface area contributed by atoms with Gasteiger partial charge >= 0.3 is 0 Å². The van der Waals surface area contributed by atoms with Gasteiger partial charge in [-0.15, -0.1) is 0 Å². The van der Waals surface area contributed by atoms with Gasteiger partial charge in [0.05, 0.1) is 12.8 Å². The molecular weight excluding hydrogens is 138 g/mol. The third-order valence-corrected chi connectivity index (χ3v) is 1.44. The molecule has 0 aliphatic rings. The quantitative estimate of drug-likeness (QED) is 0.491. The normalized spacial score (nSPS) is 11.5. The second kappa shape index (κ2) is 4.61. The number of rotatable bonds is 4. The van der Waals surface area contributed by atoms with Crippen LogP contribution in [0.5, 0.6) is 0 Å². The molecule has 62 valence electrons. The van der Waals surface area contributed by atoms with Gasteiger partial charge in [0.2, 0.25) is 0 Å². The minimum Gasteiger partial charge on any atom is -0.494 e. The Balaban J connectivity index is 4.64. The van der Waals surface area contributed by atoms with Crippen LogP contribution in [0.25, 0.3) is 0 Å². The van der Waals surface area contributed by atoms with E-state index in [2.05, 4.69) is 18.5 Å². The van der Waals surface area contributed by atoms with Gasteiger partial charge in [-0.2, -0.15) is 0 Å². The Kier molecular flexibility index (Phi) is 4.11. The largest absolute Gasteiger partial charge is 0.494 e. The number of methoxy groups -OCH3 is 1. The van der Waals surface area contributed by atoms with Crippen molar-refractivity contribution in [3.05, 3.63) is 36.3 Å². The van der Waals surface area contributed by atoms with Crippen molar-refractivity contribution in [2.75, 3.05) is 14.2 Å². The first-order valence-electron chi connectivity index (χ1n) is 3.41. The second-order valence-corrected chi connectivity index (χ2v) is 2.15. The summed E-state index contributed by atoms with van der Waals surface area (Å²) >= 11 is 0. The van der Waals surface area contributed by atoms with E-state index in [9.17, 15) is 0 Å². The molecule has 1 N–H and O–H groups in total. The maximum absolute atomic E-state index is 5.10. The molecular formula is C9H15NO. The van der Waals surface area contributed by atoms with Gasteiger partial charge in [0.25, 0.3) is 0 Å². The number of ether oxygens (including phenoxy) is 1. The van der Waals surface area contributed by atoms with Crippen LogP contribution >= 0.6 is 0 Å². The first kappa shape index (κ1) is 9.82. The standard InChI is InChI=1S/C9H15NO/c1-6-7(2)9(11-5)8(3)10-4/h6,10H,1,3H2,2,4-5H3/b9-7+. The monoisotopic (exact) mass is 153 g/mol. The Morgan fingerprint density at radius 1 is 1.55 bits per heavy atom. The van der Waals surface area contributed by atoms with Crippen LogP contribution in [0.2, 0.25) is 0 Å². The Hall–Kier alpha value is -1.18. The summed E-state index contributed by atoms with van der Waals surface area (Å²) in [5.41, 5.74) is 1.75. The van der Waals surface area contributed by atoms with Gasteiger partial charge < -0.3 is 10.1 Å². The van der Waals surface area contributed by atoms with Gasteiger partial charge in [0, 0.05) is 7.05 Å². The number of likely N-dealkylation sites (N-methyl/N-ethyl adjacent to an activating group) is 1. The zero-order chi connectivity index (χ0) is 8.85. The Bertz CT molecular complexity index is 192. The maximum Gasteiger partial charge on any atom is 0.144 e. The molecule has 0 saturated heterocycles. The van der Waals surface area contributed by atoms with Gasteiger partial charge in [-0.25, -0.2) is 0 Å². The Morgan fingerprint density at radius 3 is 2.36 bits per heavy atom. The number of allylic oxidation sites excluding steroid dienone is 2. The van der Waals surface area contributed by atoms with Crippen molar-refractivity contribution in [2.45, 2.75) is 6.92 Å². The van der Waals surface area contributed by atoms with E-state index in [-0.39, 0.29) is 0 Å². The van der Waals surface area contributed by atoms with E-state index in [4.69, 9.17) is 4.74 Å². The van der Waals surface area contributed by atoms with E-state index >= 15 is 0 Å². The van der Waals surface area contributed by atoms with Crippen LogP contribution in [0.3, 0.4) is 0 Å². The van der Waals surface area contributed by atoms with E-state index in [1.165, 1.54) is 0 Å². The molecule has 0 fully saturated rings. The zero-order valence-electron chi connectivity index (χ0n) is 7.40. The molecule has 0 aliphatic heterocycles. The van der Waals surface area contributed by atoms with Crippen LogP contribution in [0, 0.1) is 0 Å². The molecule has 0 amide bonds. The van der Waals surface area contributed by atoms with E-state index in [0.29, 0.717) is 0 Å². The molecule has 0 rings (SSSR count). The number of nitrogens with one attached hydrogen (secondary N) is 1. The average Bonchev–Trinajstić information content (AvgIpc) is 2.05. The first-order valence-corrected chi connectivity index (χ1v) is 3.41. The highest BCUT2D eigenvalue weighted by molar-refractivity contribution is 5.31. The van der Waals surface area contributed by atoms with E-state index in [0.717, 1.165) is 17.0 Å². The van der Waals surface area contributed by atoms with Gasteiger partial charge in [0.1, 0.15) is 5.76 Å². The predicted octanol–water partition coefficient (Wildman–Crippen LogP) is 1.83. The van der Waals surface area contributed by atoms with Crippen molar-refractivity contribution in [1.29, 1.82) is 0 Å². The molecule has 2 heteroatoms. The molecule has 0 aromatic carbocycles. The van der Waals surface area contributed by atoms with Gasteiger partial charge in [-0.05, 0) is 12.5 Å². The lowest BCUT2D eigenvalue weighted by molar-refractivity contribution is 0.294. The average molecular weight is 153 g/mol. The van der Waals surface area contributed by atoms with Crippen LogP contribution in [0.4, 0.5) is 0 Å². The Morgan fingerprint density at radius 2 is 2.09 bits per heavy atom. The third-order valence-electron chi connectivity index (χ3n) is 1.44. The third kappa shape index (κ3) is 2.50. The molecule has 0 saturated carbocycles. The summed E-state index contributed by atoms with van der Waals surface area (Å²) in [7, 11) is 3.42. The summed E-state index contributed by atoms with van der Waals surface area (Å²) in [5, 5.41) is 2.91. The summed E-state index contributed by atoms with van der Waals surface area (Å²) < 4.78 is 5.10. The van der Waals surface area contributed by atoms with Crippen molar-refractivity contribution < 1.29 is 4.74 Å². The van der Waals surface area contributed by atoms with Crippen molar-refractivity contribution in [3.63, 3.8) is 0 Å². The zero-order valence-corrected chi connectivity index (χ0v) is 7.40. The molecule has 0 atom stereocenters. The van der Waals surface area contributed by atoms with Crippen LogP contribution in [-0.4, -0.2) is 14.2 Å². The van der Waals surface area contributed by atoms with E-state index in [1.807, 2.05) is 6.92 Å². The molecule has 0 radical (unpaired) electrons. The summed E-state index contributed by atoms with van der Waals surface area (Å²) in [6.07, 6.45) is 1.74. The predicted molar refractivity (Wildman–Crippen MR) is 48.1 cm³/mol. The SMILES string of the molecule is C=C/C(C)=C(/OC)C(=C)NC. The lowest BCUT2D eigenvalue weighted by Gasteiger charge is -2.10. The van der Waals surface area contributed by atoms with Gasteiger partial charge in [-0.3, -0.25) is 0 Å². The van der Waals surface area contributed by atoms with Crippen molar-refractivity contribution in [1.82, 2.24) is 5.32 Å². The van der Waals surface area contributed by atoms with E-state index < -0.39 is 0 Å². The minimum absolute atomic E-state index is 0.752. The highest BCUT2D eigenvalue weighted by Gasteiger charge is 2.01. The number of hydrogen-bond donors (Lipinski definition) is 1. The highest BCUT2D eigenvalue weighted by atomic mass is 16.5. The molecule has 0 spiro atoms. The van der Waals surface area contributed by atoms with Crippen LogP contribution in [0.15, 0.2) is 36.3 Å².